The minimum atomic E-state index is 0.548. The Morgan fingerprint density at radius 3 is 1.92 bits per heavy atom. The highest BCUT2D eigenvalue weighted by Gasteiger charge is 2.20. The van der Waals surface area contributed by atoms with Crippen LogP contribution in [0.15, 0.2) is 168 Å². The van der Waals surface area contributed by atoms with Gasteiger partial charge in [0.15, 0.2) is 17.2 Å². The number of para-hydroxylation sites is 1. The fraction of sp³-hybridized carbons (Fsp3) is 0. The molecule has 4 heterocycles. The average molecular weight is 642 g/mol. The van der Waals surface area contributed by atoms with Crippen LogP contribution >= 0.6 is 0 Å². The Morgan fingerprint density at radius 1 is 0.440 bits per heavy atom. The van der Waals surface area contributed by atoms with Gasteiger partial charge in [-0.05, 0) is 52.6 Å². The number of pyridine rings is 1. The van der Waals surface area contributed by atoms with Crippen molar-refractivity contribution in [1.29, 1.82) is 0 Å². The van der Waals surface area contributed by atoms with Crippen LogP contribution in [-0.2, 0) is 0 Å². The van der Waals surface area contributed by atoms with Gasteiger partial charge in [0, 0.05) is 38.9 Å². The zero-order valence-corrected chi connectivity index (χ0v) is 26.7. The van der Waals surface area contributed by atoms with Gasteiger partial charge in [-0.1, -0.05) is 121 Å². The molecule has 0 aliphatic carbocycles. The largest absolute Gasteiger partial charge is 0.454 e. The van der Waals surface area contributed by atoms with Gasteiger partial charge in [-0.3, -0.25) is 9.55 Å². The van der Waals surface area contributed by atoms with Gasteiger partial charge >= 0.3 is 0 Å². The average Bonchev–Trinajstić information content (AvgIpc) is 3.74. The Balaban J connectivity index is 1.18. The van der Waals surface area contributed by atoms with Gasteiger partial charge in [0.1, 0.15) is 5.58 Å². The Kier molecular flexibility index (Phi) is 6.39. The lowest BCUT2D eigenvalue weighted by Crippen LogP contribution is -2.06. The Hall–Kier alpha value is -6.92. The number of furan rings is 1. The second-order valence-corrected chi connectivity index (χ2v) is 12.3. The molecule has 10 rings (SSSR count). The third kappa shape index (κ3) is 4.58. The van der Waals surface area contributed by atoms with Crippen molar-refractivity contribution in [2.24, 2.45) is 0 Å². The first-order valence-corrected chi connectivity index (χ1v) is 16.5. The molecular weight excluding hydrogens is 615 g/mol. The Bertz CT molecular complexity index is 2860. The molecule has 0 N–H and O–H groups in total. The van der Waals surface area contributed by atoms with Crippen LogP contribution in [-0.4, -0.2) is 24.5 Å². The fourth-order valence-corrected chi connectivity index (χ4v) is 7.02. The van der Waals surface area contributed by atoms with E-state index in [1.165, 1.54) is 11.1 Å². The molecule has 6 heteroatoms. The summed E-state index contributed by atoms with van der Waals surface area (Å²) in [5, 5.41) is 4.18. The van der Waals surface area contributed by atoms with E-state index in [1.54, 1.807) is 12.4 Å². The van der Waals surface area contributed by atoms with Crippen LogP contribution in [0.3, 0.4) is 0 Å². The van der Waals surface area contributed by atoms with Crippen molar-refractivity contribution in [3.05, 3.63) is 164 Å². The van der Waals surface area contributed by atoms with Crippen molar-refractivity contribution in [3.63, 3.8) is 0 Å². The molecule has 0 amide bonds. The Morgan fingerprint density at radius 2 is 1.10 bits per heavy atom. The molecule has 6 nitrogen and oxygen atoms in total. The third-order valence-electron chi connectivity index (χ3n) is 9.39. The highest BCUT2D eigenvalue weighted by atomic mass is 16.3. The van der Waals surface area contributed by atoms with Gasteiger partial charge in [-0.25, -0.2) is 4.98 Å². The summed E-state index contributed by atoms with van der Waals surface area (Å²) in [7, 11) is 0. The van der Waals surface area contributed by atoms with E-state index in [1.807, 2.05) is 60.7 Å². The molecule has 10 aromatic rings. The summed E-state index contributed by atoms with van der Waals surface area (Å²) >= 11 is 0. The van der Waals surface area contributed by atoms with Crippen LogP contribution in [0.5, 0.6) is 0 Å². The topological polar surface area (TPSA) is 69.6 Å². The second-order valence-electron chi connectivity index (χ2n) is 12.3. The first-order chi connectivity index (χ1) is 24.8. The molecule has 0 aliphatic rings. The molecule has 0 saturated heterocycles. The summed E-state index contributed by atoms with van der Waals surface area (Å²) in [5.74, 6) is 1.71. The number of aromatic nitrogens is 5. The standard InChI is InChI=1S/C44H27N5O/c1-3-10-28(11-4-1)29-18-20-30(21-19-29)32-22-23-38-36(26-32)33-14-7-8-16-37(33)49(38)44-47-42(31-12-5-2-6-13-31)46-43(48-44)35-15-9-17-39-41(35)34-24-25-45-27-40(34)50-39/h1-27H. The van der Waals surface area contributed by atoms with E-state index in [4.69, 9.17) is 19.4 Å². The van der Waals surface area contributed by atoms with E-state index in [0.29, 0.717) is 17.6 Å². The molecule has 0 aliphatic heterocycles. The molecule has 0 bridgehead atoms. The van der Waals surface area contributed by atoms with Gasteiger partial charge in [-0.15, -0.1) is 0 Å². The highest BCUT2D eigenvalue weighted by Crippen LogP contribution is 2.38. The summed E-state index contributed by atoms with van der Waals surface area (Å²) in [6.45, 7) is 0. The predicted molar refractivity (Wildman–Crippen MR) is 201 cm³/mol. The lowest BCUT2D eigenvalue weighted by Gasteiger charge is -2.11. The van der Waals surface area contributed by atoms with Gasteiger partial charge < -0.3 is 4.42 Å². The number of hydrogen-bond acceptors (Lipinski definition) is 5. The fourth-order valence-electron chi connectivity index (χ4n) is 7.02. The maximum atomic E-state index is 6.18. The van der Waals surface area contributed by atoms with E-state index >= 15 is 0 Å². The van der Waals surface area contributed by atoms with Crippen LogP contribution in [0.1, 0.15) is 0 Å². The monoisotopic (exact) mass is 641 g/mol. The molecule has 0 spiro atoms. The number of hydrogen-bond donors (Lipinski definition) is 0. The molecule has 0 saturated carbocycles. The smallest absolute Gasteiger partial charge is 0.238 e. The maximum absolute atomic E-state index is 6.18. The summed E-state index contributed by atoms with van der Waals surface area (Å²) in [6, 6.07) is 52.4. The van der Waals surface area contributed by atoms with Crippen LogP contribution < -0.4 is 0 Å². The summed E-state index contributed by atoms with van der Waals surface area (Å²) in [5.41, 5.74) is 10.0. The van der Waals surface area contributed by atoms with Crippen molar-refractivity contribution in [3.8, 4) is 51.0 Å². The number of benzene rings is 6. The molecule has 0 fully saturated rings. The van der Waals surface area contributed by atoms with Crippen molar-refractivity contribution in [1.82, 2.24) is 24.5 Å². The Labute approximate surface area is 287 Å². The predicted octanol–water partition coefficient (Wildman–Crippen LogP) is 10.9. The SMILES string of the molecule is c1ccc(-c2ccc(-c3ccc4c(c3)c3ccccc3n4-c3nc(-c4ccccc4)nc(-c4cccc5oc6cnccc6c45)n3)cc2)cc1. The van der Waals surface area contributed by atoms with E-state index in [0.717, 1.165) is 66.0 Å². The highest BCUT2D eigenvalue weighted by molar-refractivity contribution is 6.12. The van der Waals surface area contributed by atoms with Crippen LogP contribution in [0, 0.1) is 0 Å². The molecule has 0 atom stereocenters. The van der Waals surface area contributed by atoms with Gasteiger partial charge in [0.05, 0.1) is 17.2 Å². The number of rotatable bonds is 5. The van der Waals surface area contributed by atoms with Crippen molar-refractivity contribution < 1.29 is 4.42 Å². The van der Waals surface area contributed by atoms with Crippen molar-refractivity contribution in [2.45, 2.75) is 0 Å². The molecule has 6 aromatic carbocycles. The molecule has 4 aromatic heterocycles. The van der Waals surface area contributed by atoms with E-state index in [2.05, 4.69) is 101 Å². The lowest BCUT2D eigenvalue weighted by atomic mass is 9.99. The van der Waals surface area contributed by atoms with Crippen molar-refractivity contribution >= 4 is 43.7 Å². The number of nitrogens with zero attached hydrogens (tertiary/aromatic N) is 5. The van der Waals surface area contributed by atoms with Crippen LogP contribution in [0.25, 0.3) is 94.7 Å². The molecule has 0 radical (unpaired) electrons. The van der Waals surface area contributed by atoms with E-state index in [9.17, 15) is 0 Å². The minimum Gasteiger partial charge on any atom is -0.454 e. The molecule has 234 valence electrons. The number of fused-ring (bicyclic) bond motifs is 6. The second kappa shape index (κ2) is 11.4. The summed E-state index contributed by atoms with van der Waals surface area (Å²) in [6.07, 6.45) is 3.53. The molecular formula is C44H27N5O. The van der Waals surface area contributed by atoms with Crippen LogP contribution in [0.4, 0.5) is 0 Å². The maximum Gasteiger partial charge on any atom is 0.238 e. The molecule has 50 heavy (non-hydrogen) atoms. The molecule has 0 unspecified atom stereocenters. The first kappa shape index (κ1) is 28.1. The van der Waals surface area contributed by atoms with E-state index < -0.39 is 0 Å². The van der Waals surface area contributed by atoms with E-state index in [-0.39, 0.29) is 0 Å². The first-order valence-electron chi connectivity index (χ1n) is 16.5. The quantitative estimate of drug-likeness (QED) is 0.187. The van der Waals surface area contributed by atoms with Crippen molar-refractivity contribution in [2.75, 3.05) is 0 Å². The van der Waals surface area contributed by atoms with Gasteiger partial charge in [0.2, 0.25) is 5.95 Å². The zero-order valence-electron chi connectivity index (χ0n) is 26.7. The summed E-state index contributed by atoms with van der Waals surface area (Å²) < 4.78 is 8.34. The third-order valence-corrected chi connectivity index (χ3v) is 9.39. The summed E-state index contributed by atoms with van der Waals surface area (Å²) in [4.78, 5) is 19.7. The van der Waals surface area contributed by atoms with Crippen LogP contribution in [0.2, 0.25) is 0 Å². The minimum absolute atomic E-state index is 0.548. The van der Waals surface area contributed by atoms with Gasteiger partial charge in [0.25, 0.3) is 0 Å². The zero-order chi connectivity index (χ0) is 33.0. The lowest BCUT2D eigenvalue weighted by molar-refractivity contribution is 0.667. The normalized spacial score (nSPS) is 11.6. The van der Waals surface area contributed by atoms with Gasteiger partial charge in [-0.2, -0.15) is 9.97 Å².